The van der Waals surface area contributed by atoms with Crippen molar-refractivity contribution in [1.82, 2.24) is 4.90 Å². The van der Waals surface area contributed by atoms with Crippen LogP contribution in [0.3, 0.4) is 0 Å². The summed E-state index contributed by atoms with van der Waals surface area (Å²) in [6.45, 7) is 1.47. The predicted octanol–water partition coefficient (Wildman–Crippen LogP) is 3.96. The lowest BCUT2D eigenvalue weighted by Crippen LogP contribution is -2.26. The van der Waals surface area contributed by atoms with Gasteiger partial charge in [0.15, 0.2) is 0 Å². The maximum Gasteiger partial charge on any atom is 0.347 e. The number of rotatable bonds is 4. The van der Waals surface area contributed by atoms with Crippen molar-refractivity contribution in [3.8, 4) is 0 Å². The Morgan fingerprint density at radius 2 is 2.04 bits per heavy atom. The van der Waals surface area contributed by atoms with Crippen LogP contribution in [0.5, 0.6) is 0 Å². The van der Waals surface area contributed by atoms with Gasteiger partial charge in [-0.15, -0.1) is 0 Å². The molecule has 0 bridgehead atoms. The third kappa shape index (κ3) is 4.21. The number of hydrogen-bond acceptors (Lipinski definition) is 3. The van der Waals surface area contributed by atoms with Crippen LogP contribution >= 0.6 is 0 Å². The quantitative estimate of drug-likeness (QED) is 0.663. The molecule has 26 heavy (non-hydrogen) atoms. The number of benzene rings is 2. The van der Waals surface area contributed by atoms with E-state index in [0.717, 1.165) is 30.7 Å². The zero-order valence-corrected chi connectivity index (χ0v) is 13.9. The number of amidine groups is 1. The normalized spacial score (nSPS) is 15.3. The van der Waals surface area contributed by atoms with E-state index < -0.39 is 22.5 Å². The Balaban J connectivity index is 1.69. The third-order valence-corrected chi connectivity index (χ3v) is 4.03. The van der Waals surface area contributed by atoms with Gasteiger partial charge >= 0.3 is 11.7 Å². The van der Waals surface area contributed by atoms with Gasteiger partial charge in [-0.2, -0.15) is 9.38 Å². The van der Waals surface area contributed by atoms with E-state index in [0.29, 0.717) is 18.8 Å². The van der Waals surface area contributed by atoms with Crippen LogP contribution in [0.2, 0.25) is 0 Å². The molecule has 3 rings (SSSR count). The lowest BCUT2D eigenvalue weighted by Gasteiger charge is -2.18. The molecule has 0 unspecified atom stereocenters. The van der Waals surface area contributed by atoms with E-state index >= 15 is 0 Å². The number of anilines is 1. The molecule has 1 aliphatic rings. The Morgan fingerprint density at radius 3 is 2.77 bits per heavy atom. The first kappa shape index (κ1) is 17.5. The number of likely N-dealkylation sites (tertiary alicyclic amines) is 1. The summed E-state index contributed by atoms with van der Waals surface area (Å²) in [4.78, 5) is 28.2. The fraction of sp³-hybridized carbons (Fsp3) is 0.222. The summed E-state index contributed by atoms with van der Waals surface area (Å²) in [5, 5.41) is 13.2. The first-order valence-electron chi connectivity index (χ1n) is 8.14. The second-order valence-electron chi connectivity index (χ2n) is 5.89. The van der Waals surface area contributed by atoms with Crippen LogP contribution in [0.25, 0.3) is 0 Å². The second-order valence-corrected chi connectivity index (χ2v) is 5.89. The molecule has 2 aromatic carbocycles. The monoisotopic (exact) mass is 356 g/mol. The van der Waals surface area contributed by atoms with Gasteiger partial charge in [0.2, 0.25) is 5.82 Å². The molecule has 0 radical (unpaired) electrons. The number of carbonyl (C=O) groups excluding carboxylic acids is 1. The smallest absolute Gasteiger partial charge is 0.347 e. The molecule has 0 saturated carbocycles. The molecule has 1 heterocycles. The molecule has 7 nitrogen and oxygen atoms in total. The molecule has 134 valence electrons. The fourth-order valence-electron chi connectivity index (χ4n) is 2.81. The minimum Gasteiger partial charge on any atom is -0.356 e. The molecule has 0 aliphatic carbocycles. The number of nitrogens with one attached hydrogen (secondary N) is 1. The van der Waals surface area contributed by atoms with Crippen LogP contribution in [0.1, 0.15) is 18.4 Å². The van der Waals surface area contributed by atoms with Crippen molar-refractivity contribution in [2.75, 3.05) is 11.9 Å². The van der Waals surface area contributed by atoms with Gasteiger partial charge in [-0.3, -0.25) is 10.1 Å². The SMILES string of the molecule is O=C(N=C1CCCN1Cc1ccccc1)Nc1ccc(F)c([N+](=O)[O-])c1. The van der Waals surface area contributed by atoms with Gasteiger partial charge in [0.1, 0.15) is 5.84 Å². The highest BCUT2D eigenvalue weighted by Crippen LogP contribution is 2.22. The van der Waals surface area contributed by atoms with E-state index in [1.54, 1.807) is 0 Å². The maximum absolute atomic E-state index is 13.4. The summed E-state index contributed by atoms with van der Waals surface area (Å²) >= 11 is 0. The highest BCUT2D eigenvalue weighted by atomic mass is 19.1. The summed E-state index contributed by atoms with van der Waals surface area (Å²) in [6.07, 6.45) is 1.59. The van der Waals surface area contributed by atoms with Crippen molar-refractivity contribution in [3.05, 3.63) is 70.0 Å². The van der Waals surface area contributed by atoms with Crippen molar-refractivity contribution >= 4 is 23.2 Å². The van der Waals surface area contributed by atoms with Crippen LogP contribution in [0.4, 0.5) is 20.6 Å². The van der Waals surface area contributed by atoms with Crippen molar-refractivity contribution in [2.24, 2.45) is 4.99 Å². The topological polar surface area (TPSA) is 87.8 Å². The number of hydrogen-bond donors (Lipinski definition) is 1. The summed E-state index contributed by atoms with van der Waals surface area (Å²) in [7, 11) is 0. The minimum absolute atomic E-state index is 0.125. The molecule has 8 heteroatoms. The number of urea groups is 1. The molecule has 2 aromatic rings. The lowest BCUT2D eigenvalue weighted by atomic mass is 10.2. The maximum atomic E-state index is 13.4. The van der Waals surface area contributed by atoms with Gasteiger partial charge in [-0.25, -0.2) is 4.79 Å². The Kier molecular flexibility index (Phi) is 5.21. The van der Waals surface area contributed by atoms with E-state index in [1.165, 1.54) is 6.07 Å². The molecular formula is C18H17FN4O3. The molecule has 0 spiro atoms. The summed E-state index contributed by atoms with van der Waals surface area (Å²) in [6, 6.07) is 12.4. The second kappa shape index (κ2) is 7.73. The van der Waals surface area contributed by atoms with Crippen molar-refractivity contribution in [1.29, 1.82) is 0 Å². The molecule has 0 atom stereocenters. The summed E-state index contributed by atoms with van der Waals surface area (Å²) < 4.78 is 13.4. The van der Waals surface area contributed by atoms with Gasteiger partial charge in [0.25, 0.3) is 0 Å². The highest BCUT2D eigenvalue weighted by molar-refractivity contribution is 6.00. The average molecular weight is 356 g/mol. The summed E-state index contributed by atoms with van der Waals surface area (Å²) in [5.41, 5.74) is 0.554. The van der Waals surface area contributed by atoms with E-state index in [9.17, 15) is 19.3 Å². The number of nitro benzene ring substituents is 1. The van der Waals surface area contributed by atoms with E-state index in [2.05, 4.69) is 10.3 Å². The molecular weight excluding hydrogens is 339 g/mol. The number of nitrogens with zero attached hydrogens (tertiary/aromatic N) is 3. The van der Waals surface area contributed by atoms with E-state index in [4.69, 9.17) is 0 Å². The number of halogens is 1. The van der Waals surface area contributed by atoms with Gasteiger partial charge in [0.05, 0.1) is 4.92 Å². The Morgan fingerprint density at radius 1 is 1.27 bits per heavy atom. The molecule has 1 fully saturated rings. The Hall–Kier alpha value is -3.29. The minimum atomic E-state index is -0.954. The van der Waals surface area contributed by atoms with Crippen molar-refractivity contribution in [2.45, 2.75) is 19.4 Å². The first-order valence-corrected chi connectivity index (χ1v) is 8.14. The zero-order chi connectivity index (χ0) is 18.5. The molecule has 2 amide bonds. The molecule has 1 N–H and O–H groups in total. The largest absolute Gasteiger partial charge is 0.356 e. The number of amides is 2. The van der Waals surface area contributed by atoms with Crippen LogP contribution in [-0.2, 0) is 6.54 Å². The van der Waals surface area contributed by atoms with Crippen molar-refractivity contribution < 1.29 is 14.1 Å². The lowest BCUT2D eigenvalue weighted by molar-refractivity contribution is -0.387. The highest BCUT2D eigenvalue weighted by Gasteiger charge is 2.20. The van der Waals surface area contributed by atoms with Crippen molar-refractivity contribution in [3.63, 3.8) is 0 Å². The van der Waals surface area contributed by atoms with Crippen LogP contribution < -0.4 is 5.32 Å². The molecule has 1 saturated heterocycles. The van der Waals surface area contributed by atoms with Crippen LogP contribution in [0.15, 0.2) is 53.5 Å². The van der Waals surface area contributed by atoms with Crippen LogP contribution in [0, 0.1) is 15.9 Å². The van der Waals surface area contributed by atoms with Gasteiger partial charge in [0, 0.05) is 31.3 Å². The van der Waals surface area contributed by atoms with Gasteiger partial charge < -0.3 is 10.2 Å². The first-order chi connectivity index (χ1) is 12.5. The third-order valence-electron chi connectivity index (χ3n) is 4.03. The average Bonchev–Trinajstić information content (AvgIpc) is 3.04. The van der Waals surface area contributed by atoms with Gasteiger partial charge in [-0.1, -0.05) is 30.3 Å². The molecule has 1 aliphatic heterocycles. The van der Waals surface area contributed by atoms with Crippen LogP contribution in [-0.4, -0.2) is 28.2 Å². The van der Waals surface area contributed by atoms with E-state index in [-0.39, 0.29) is 5.69 Å². The summed E-state index contributed by atoms with van der Waals surface area (Å²) in [5.74, 6) is -0.285. The fourth-order valence-corrected chi connectivity index (χ4v) is 2.81. The number of nitro groups is 1. The number of aliphatic imine (C=N–C) groups is 1. The predicted molar refractivity (Wildman–Crippen MR) is 95.6 cm³/mol. The Labute approximate surface area is 149 Å². The molecule has 0 aromatic heterocycles. The zero-order valence-electron chi connectivity index (χ0n) is 13.9. The Bertz CT molecular complexity index is 855. The number of carbonyl (C=O) groups is 1. The standard InChI is InChI=1S/C18H17FN4O3/c19-15-9-8-14(11-16(15)23(25)26)20-18(24)21-17-7-4-10-22(17)12-13-5-2-1-3-6-13/h1-3,5-6,8-9,11H,4,7,10,12H2,(H,20,24). The van der Waals surface area contributed by atoms with E-state index in [1.807, 2.05) is 35.2 Å². The van der Waals surface area contributed by atoms with Gasteiger partial charge in [-0.05, 0) is 24.1 Å².